The van der Waals surface area contributed by atoms with Crippen molar-refractivity contribution in [3.05, 3.63) is 29.8 Å². The second-order valence-electron chi connectivity index (χ2n) is 4.33. The number of likely N-dealkylation sites (N-methyl/N-ethyl adjacent to an activating group) is 1. The molecular weight excluding hydrogens is 232 g/mol. The summed E-state index contributed by atoms with van der Waals surface area (Å²) in [4.78, 5) is 22.4. The van der Waals surface area contributed by atoms with Crippen molar-refractivity contribution < 1.29 is 14.7 Å². The molecule has 1 aromatic rings. The number of rotatable bonds is 5. The van der Waals surface area contributed by atoms with Gasteiger partial charge >= 0.3 is 5.97 Å². The number of carbonyl (C=O) groups is 2. The molecule has 3 N–H and O–H groups in total. The van der Waals surface area contributed by atoms with Gasteiger partial charge in [-0.2, -0.15) is 0 Å². The Labute approximate surface area is 106 Å². The molecule has 0 radical (unpaired) electrons. The Bertz CT molecular complexity index is 426. The van der Waals surface area contributed by atoms with Gasteiger partial charge in [0.25, 0.3) is 5.91 Å². The Morgan fingerprint density at radius 3 is 2.11 bits per heavy atom. The molecule has 1 rings (SSSR count). The van der Waals surface area contributed by atoms with Gasteiger partial charge in [0.15, 0.2) is 6.04 Å². The molecule has 1 unspecified atom stereocenters. The Balaban J connectivity index is 2.73. The van der Waals surface area contributed by atoms with Crippen LogP contribution in [0.1, 0.15) is 25.3 Å². The topological polar surface area (TPSA) is 78.4 Å². The first-order valence-electron chi connectivity index (χ1n) is 5.76. The molecule has 0 fully saturated rings. The van der Waals surface area contributed by atoms with E-state index in [2.05, 4.69) is 24.5 Å². The lowest BCUT2D eigenvalue weighted by Gasteiger charge is -2.12. The third-order valence-corrected chi connectivity index (χ3v) is 2.64. The Kier molecular flexibility index (Phi) is 4.85. The second kappa shape index (κ2) is 6.16. The first-order chi connectivity index (χ1) is 8.45. The van der Waals surface area contributed by atoms with Crippen molar-refractivity contribution in [1.82, 2.24) is 5.32 Å². The van der Waals surface area contributed by atoms with Crippen LogP contribution < -0.4 is 10.6 Å². The highest BCUT2D eigenvalue weighted by Gasteiger charge is 2.23. The van der Waals surface area contributed by atoms with Crippen molar-refractivity contribution in [3.8, 4) is 0 Å². The van der Waals surface area contributed by atoms with Crippen LogP contribution in [0.15, 0.2) is 24.3 Å². The SMILES string of the molecule is CNC(C(=O)O)C(=O)Nc1ccc(C(C)C)cc1. The van der Waals surface area contributed by atoms with Gasteiger partial charge in [0, 0.05) is 5.69 Å². The van der Waals surface area contributed by atoms with Crippen LogP contribution in [0.5, 0.6) is 0 Å². The quantitative estimate of drug-likeness (QED) is 0.691. The van der Waals surface area contributed by atoms with Crippen LogP contribution in [0.4, 0.5) is 5.69 Å². The summed E-state index contributed by atoms with van der Waals surface area (Å²) in [6.07, 6.45) is 0. The summed E-state index contributed by atoms with van der Waals surface area (Å²) in [6, 6.07) is 6.11. The van der Waals surface area contributed by atoms with Crippen LogP contribution in [0.25, 0.3) is 0 Å². The fourth-order valence-corrected chi connectivity index (χ4v) is 1.53. The Morgan fingerprint density at radius 1 is 1.17 bits per heavy atom. The summed E-state index contributed by atoms with van der Waals surface area (Å²) in [7, 11) is 1.43. The highest BCUT2D eigenvalue weighted by atomic mass is 16.4. The van der Waals surface area contributed by atoms with Crippen molar-refractivity contribution in [1.29, 1.82) is 0 Å². The van der Waals surface area contributed by atoms with Gasteiger partial charge in [-0.3, -0.25) is 10.1 Å². The lowest BCUT2D eigenvalue weighted by molar-refractivity contribution is -0.142. The molecule has 1 aromatic carbocycles. The van der Waals surface area contributed by atoms with E-state index in [1.807, 2.05) is 12.1 Å². The van der Waals surface area contributed by atoms with E-state index >= 15 is 0 Å². The van der Waals surface area contributed by atoms with Gasteiger partial charge in [-0.1, -0.05) is 26.0 Å². The molecule has 0 saturated heterocycles. The molecule has 0 aliphatic rings. The van der Waals surface area contributed by atoms with Gasteiger partial charge in [0.05, 0.1) is 0 Å². The molecule has 98 valence electrons. The number of carbonyl (C=O) groups excluding carboxylic acids is 1. The van der Waals surface area contributed by atoms with Crippen molar-refractivity contribution >= 4 is 17.6 Å². The molecule has 0 aromatic heterocycles. The number of benzene rings is 1. The number of nitrogens with one attached hydrogen (secondary N) is 2. The van der Waals surface area contributed by atoms with Gasteiger partial charge in [-0.15, -0.1) is 0 Å². The number of amides is 1. The predicted octanol–water partition coefficient (Wildman–Crippen LogP) is 1.42. The predicted molar refractivity (Wildman–Crippen MR) is 69.6 cm³/mol. The zero-order valence-electron chi connectivity index (χ0n) is 10.7. The first kappa shape index (κ1) is 14.2. The Morgan fingerprint density at radius 2 is 1.72 bits per heavy atom. The summed E-state index contributed by atoms with van der Waals surface area (Å²) < 4.78 is 0. The molecule has 0 heterocycles. The highest BCUT2D eigenvalue weighted by molar-refractivity contribution is 6.07. The normalized spacial score (nSPS) is 12.2. The number of aliphatic carboxylic acids is 1. The molecule has 1 atom stereocenters. The molecule has 0 spiro atoms. The van der Waals surface area contributed by atoms with E-state index in [9.17, 15) is 9.59 Å². The van der Waals surface area contributed by atoms with E-state index in [0.29, 0.717) is 11.6 Å². The van der Waals surface area contributed by atoms with Gasteiger partial charge in [-0.25, -0.2) is 4.79 Å². The molecule has 0 saturated carbocycles. The van der Waals surface area contributed by atoms with E-state index in [4.69, 9.17) is 5.11 Å². The van der Waals surface area contributed by atoms with E-state index in [-0.39, 0.29) is 0 Å². The van der Waals surface area contributed by atoms with Gasteiger partial charge in [-0.05, 0) is 30.7 Å². The minimum absolute atomic E-state index is 0.416. The summed E-state index contributed by atoms with van der Waals surface area (Å²) >= 11 is 0. The highest BCUT2D eigenvalue weighted by Crippen LogP contribution is 2.17. The third-order valence-electron chi connectivity index (χ3n) is 2.64. The fourth-order valence-electron chi connectivity index (χ4n) is 1.53. The maximum atomic E-state index is 11.6. The van der Waals surface area contributed by atoms with Gasteiger partial charge < -0.3 is 10.4 Å². The maximum Gasteiger partial charge on any atom is 0.330 e. The zero-order valence-corrected chi connectivity index (χ0v) is 10.7. The van der Waals surface area contributed by atoms with E-state index in [1.54, 1.807) is 12.1 Å². The van der Waals surface area contributed by atoms with Crippen molar-refractivity contribution in [2.45, 2.75) is 25.8 Å². The van der Waals surface area contributed by atoms with Crippen molar-refractivity contribution in [2.75, 3.05) is 12.4 Å². The number of carboxylic acid groups (broad SMARTS) is 1. The zero-order chi connectivity index (χ0) is 13.7. The lowest BCUT2D eigenvalue weighted by atomic mass is 10.0. The summed E-state index contributed by atoms with van der Waals surface area (Å²) in [6.45, 7) is 4.16. The number of hydrogen-bond donors (Lipinski definition) is 3. The van der Waals surface area contributed by atoms with Crippen LogP contribution in [-0.4, -0.2) is 30.1 Å². The second-order valence-corrected chi connectivity index (χ2v) is 4.33. The average Bonchev–Trinajstić information content (AvgIpc) is 2.29. The monoisotopic (exact) mass is 250 g/mol. The molecule has 0 aliphatic carbocycles. The maximum absolute atomic E-state index is 11.6. The number of carboxylic acids is 1. The molecule has 1 amide bonds. The third kappa shape index (κ3) is 3.56. The van der Waals surface area contributed by atoms with Crippen LogP contribution in [0.2, 0.25) is 0 Å². The molecular formula is C13H18N2O3. The van der Waals surface area contributed by atoms with Crippen molar-refractivity contribution in [2.24, 2.45) is 0 Å². The van der Waals surface area contributed by atoms with E-state index in [0.717, 1.165) is 5.56 Å². The minimum atomic E-state index is -1.24. The summed E-state index contributed by atoms with van der Waals surface area (Å²) in [5.74, 6) is -1.37. The van der Waals surface area contributed by atoms with Crippen LogP contribution >= 0.6 is 0 Å². The Hall–Kier alpha value is -1.88. The molecule has 0 aliphatic heterocycles. The summed E-state index contributed by atoms with van der Waals surface area (Å²) in [5.41, 5.74) is 1.75. The van der Waals surface area contributed by atoms with Crippen LogP contribution in [-0.2, 0) is 9.59 Å². The number of anilines is 1. The first-order valence-corrected chi connectivity index (χ1v) is 5.76. The van der Waals surface area contributed by atoms with Gasteiger partial charge in [0.1, 0.15) is 0 Å². The molecule has 5 heteroatoms. The van der Waals surface area contributed by atoms with Crippen LogP contribution in [0, 0.1) is 0 Å². The number of hydrogen-bond acceptors (Lipinski definition) is 3. The standard InChI is InChI=1S/C13H18N2O3/c1-8(2)9-4-6-10(7-5-9)15-12(16)11(14-3)13(17)18/h4-8,11,14H,1-3H3,(H,15,16)(H,17,18). The minimum Gasteiger partial charge on any atom is -0.480 e. The lowest BCUT2D eigenvalue weighted by Crippen LogP contribution is -2.44. The summed E-state index contributed by atoms with van der Waals surface area (Å²) in [5, 5.41) is 13.8. The molecule has 5 nitrogen and oxygen atoms in total. The van der Waals surface area contributed by atoms with Crippen LogP contribution in [0.3, 0.4) is 0 Å². The smallest absolute Gasteiger partial charge is 0.330 e. The average molecular weight is 250 g/mol. The molecule has 18 heavy (non-hydrogen) atoms. The van der Waals surface area contributed by atoms with Crippen molar-refractivity contribution in [3.63, 3.8) is 0 Å². The van der Waals surface area contributed by atoms with E-state index in [1.165, 1.54) is 7.05 Å². The molecule has 0 bridgehead atoms. The van der Waals surface area contributed by atoms with E-state index < -0.39 is 17.9 Å². The fraction of sp³-hybridized carbons (Fsp3) is 0.385. The largest absolute Gasteiger partial charge is 0.480 e. The van der Waals surface area contributed by atoms with Gasteiger partial charge in [0.2, 0.25) is 0 Å².